The fourth-order valence-electron chi connectivity index (χ4n) is 2.17. The van der Waals surface area contributed by atoms with Crippen molar-refractivity contribution >= 4 is 17.6 Å². The first-order valence-corrected chi connectivity index (χ1v) is 8.34. The van der Waals surface area contributed by atoms with E-state index in [4.69, 9.17) is 21.1 Å². The van der Waals surface area contributed by atoms with Crippen molar-refractivity contribution in [1.82, 2.24) is 15.6 Å². The van der Waals surface area contributed by atoms with Crippen LogP contribution in [0.25, 0.3) is 0 Å². The number of hydrogen-bond acceptors (Lipinski definition) is 4. The van der Waals surface area contributed by atoms with E-state index in [1.165, 1.54) is 0 Å². The Balaban J connectivity index is 1.80. The standard InChI is InChI=1S/C18H23ClN4O2/c1-13(25-16-8-6-15(19)7-9-16)11-22-18(20-2)23-12-14-5-4-10-21-17(14)24-3/h4-10,13H,11-12H2,1-3H3,(H2,20,22,23). The zero-order chi connectivity index (χ0) is 18.1. The molecule has 0 fully saturated rings. The molecule has 0 radical (unpaired) electrons. The van der Waals surface area contributed by atoms with Gasteiger partial charge in [-0.15, -0.1) is 0 Å². The van der Waals surface area contributed by atoms with Crippen molar-refractivity contribution in [3.8, 4) is 11.6 Å². The van der Waals surface area contributed by atoms with Gasteiger partial charge < -0.3 is 20.1 Å². The predicted octanol–water partition coefficient (Wildman–Crippen LogP) is 2.88. The molecule has 25 heavy (non-hydrogen) atoms. The van der Waals surface area contributed by atoms with Crippen LogP contribution in [0.3, 0.4) is 0 Å². The normalized spacial score (nSPS) is 12.4. The van der Waals surface area contributed by atoms with E-state index in [1.54, 1.807) is 32.5 Å². The fourth-order valence-corrected chi connectivity index (χ4v) is 2.30. The van der Waals surface area contributed by atoms with Gasteiger partial charge in [-0.3, -0.25) is 4.99 Å². The summed E-state index contributed by atoms with van der Waals surface area (Å²) in [6, 6.07) is 11.1. The van der Waals surface area contributed by atoms with E-state index in [-0.39, 0.29) is 6.10 Å². The highest BCUT2D eigenvalue weighted by atomic mass is 35.5. The van der Waals surface area contributed by atoms with Crippen LogP contribution < -0.4 is 20.1 Å². The molecule has 0 saturated heterocycles. The molecule has 134 valence electrons. The highest BCUT2D eigenvalue weighted by Gasteiger charge is 2.07. The third-order valence-electron chi connectivity index (χ3n) is 3.42. The first kappa shape index (κ1) is 18.9. The average molecular weight is 363 g/mol. The van der Waals surface area contributed by atoms with Gasteiger partial charge in [0, 0.05) is 30.4 Å². The lowest BCUT2D eigenvalue weighted by Gasteiger charge is -2.18. The van der Waals surface area contributed by atoms with Crippen LogP contribution in [0.5, 0.6) is 11.6 Å². The molecule has 1 unspecified atom stereocenters. The van der Waals surface area contributed by atoms with Crippen molar-refractivity contribution in [1.29, 1.82) is 0 Å². The van der Waals surface area contributed by atoms with E-state index in [9.17, 15) is 0 Å². The van der Waals surface area contributed by atoms with Gasteiger partial charge in [-0.25, -0.2) is 4.98 Å². The highest BCUT2D eigenvalue weighted by Crippen LogP contribution is 2.16. The maximum absolute atomic E-state index is 5.87. The maximum atomic E-state index is 5.87. The largest absolute Gasteiger partial charge is 0.489 e. The van der Waals surface area contributed by atoms with Gasteiger partial charge in [0.25, 0.3) is 0 Å². The molecule has 6 nitrogen and oxygen atoms in total. The molecule has 2 N–H and O–H groups in total. The summed E-state index contributed by atoms with van der Waals surface area (Å²) in [5.74, 6) is 2.06. The minimum Gasteiger partial charge on any atom is -0.489 e. The number of rotatable bonds is 7. The second-order valence-corrected chi connectivity index (χ2v) is 5.80. The molecule has 0 aliphatic heterocycles. The Kier molecular flexibility index (Phi) is 7.35. The molecule has 0 aliphatic carbocycles. The van der Waals surface area contributed by atoms with Crippen LogP contribution in [0.2, 0.25) is 5.02 Å². The molecule has 1 aromatic heterocycles. The third-order valence-corrected chi connectivity index (χ3v) is 3.67. The number of aliphatic imine (C=N–C) groups is 1. The molecule has 0 bridgehead atoms. The van der Waals surface area contributed by atoms with E-state index in [0.717, 1.165) is 11.3 Å². The van der Waals surface area contributed by atoms with Gasteiger partial charge in [0.05, 0.1) is 13.7 Å². The lowest BCUT2D eigenvalue weighted by molar-refractivity contribution is 0.224. The number of nitrogens with one attached hydrogen (secondary N) is 2. The number of hydrogen-bond donors (Lipinski definition) is 2. The van der Waals surface area contributed by atoms with Crippen LogP contribution >= 0.6 is 11.6 Å². The van der Waals surface area contributed by atoms with Gasteiger partial charge >= 0.3 is 0 Å². The Hall–Kier alpha value is -2.47. The summed E-state index contributed by atoms with van der Waals surface area (Å²) in [5, 5.41) is 7.16. The second-order valence-electron chi connectivity index (χ2n) is 5.36. The van der Waals surface area contributed by atoms with Crippen LogP contribution in [0.1, 0.15) is 12.5 Å². The molecule has 1 atom stereocenters. The van der Waals surface area contributed by atoms with Crippen molar-refractivity contribution in [3.05, 3.63) is 53.2 Å². The summed E-state index contributed by atoms with van der Waals surface area (Å²) < 4.78 is 11.1. The van der Waals surface area contributed by atoms with Crippen molar-refractivity contribution < 1.29 is 9.47 Å². The summed E-state index contributed by atoms with van der Waals surface area (Å²) >= 11 is 5.87. The Morgan fingerprint density at radius 3 is 2.68 bits per heavy atom. The zero-order valence-corrected chi connectivity index (χ0v) is 15.4. The van der Waals surface area contributed by atoms with Gasteiger partial charge in [-0.1, -0.05) is 17.7 Å². The van der Waals surface area contributed by atoms with Crippen LogP contribution in [0.4, 0.5) is 0 Å². The Labute approximate surface area is 153 Å². The van der Waals surface area contributed by atoms with Crippen LogP contribution in [0.15, 0.2) is 47.6 Å². The molecule has 1 heterocycles. The van der Waals surface area contributed by atoms with E-state index in [2.05, 4.69) is 20.6 Å². The number of pyridine rings is 1. The summed E-state index contributed by atoms with van der Waals surface area (Å²) in [7, 11) is 3.33. The number of guanidine groups is 1. The lowest BCUT2D eigenvalue weighted by atomic mass is 10.2. The molecular weight excluding hydrogens is 340 g/mol. The van der Waals surface area contributed by atoms with Gasteiger partial charge in [0.15, 0.2) is 5.96 Å². The zero-order valence-electron chi connectivity index (χ0n) is 14.6. The summed E-state index contributed by atoms with van der Waals surface area (Å²) in [4.78, 5) is 8.39. The average Bonchev–Trinajstić information content (AvgIpc) is 2.64. The van der Waals surface area contributed by atoms with Gasteiger partial charge in [0.1, 0.15) is 11.9 Å². The van der Waals surface area contributed by atoms with Crippen molar-refractivity contribution in [2.75, 3.05) is 20.7 Å². The number of halogens is 1. The number of ether oxygens (including phenoxy) is 2. The minimum atomic E-state index is -0.0346. The SMILES string of the molecule is CN=C(NCc1cccnc1OC)NCC(C)Oc1ccc(Cl)cc1. The number of aromatic nitrogens is 1. The molecule has 2 aromatic rings. The molecule has 0 saturated carbocycles. The van der Waals surface area contributed by atoms with Gasteiger partial charge in [0.2, 0.25) is 5.88 Å². The monoisotopic (exact) mass is 362 g/mol. The quantitative estimate of drug-likeness (QED) is 0.585. The highest BCUT2D eigenvalue weighted by molar-refractivity contribution is 6.30. The summed E-state index contributed by atoms with van der Waals surface area (Å²) in [6.07, 6.45) is 1.67. The fraction of sp³-hybridized carbons (Fsp3) is 0.333. The van der Waals surface area contributed by atoms with Crippen LogP contribution in [-0.2, 0) is 6.54 Å². The third kappa shape index (κ3) is 6.15. The van der Waals surface area contributed by atoms with Crippen LogP contribution in [-0.4, -0.2) is 37.7 Å². The minimum absolute atomic E-state index is 0.0346. The summed E-state index contributed by atoms with van der Waals surface area (Å²) in [5.41, 5.74) is 0.957. The predicted molar refractivity (Wildman–Crippen MR) is 101 cm³/mol. The smallest absolute Gasteiger partial charge is 0.218 e. The molecule has 1 aromatic carbocycles. The number of benzene rings is 1. The molecule has 0 spiro atoms. The number of methoxy groups -OCH3 is 1. The maximum Gasteiger partial charge on any atom is 0.218 e. The molecule has 2 rings (SSSR count). The molecule has 0 aliphatic rings. The Morgan fingerprint density at radius 1 is 1.24 bits per heavy atom. The first-order valence-electron chi connectivity index (χ1n) is 7.97. The Bertz CT molecular complexity index is 692. The topological polar surface area (TPSA) is 67.8 Å². The van der Waals surface area contributed by atoms with E-state index in [1.807, 2.05) is 31.2 Å². The Morgan fingerprint density at radius 2 is 2.00 bits per heavy atom. The van der Waals surface area contributed by atoms with Gasteiger partial charge in [-0.05, 0) is 37.3 Å². The van der Waals surface area contributed by atoms with Crippen molar-refractivity contribution in [3.63, 3.8) is 0 Å². The van der Waals surface area contributed by atoms with E-state index >= 15 is 0 Å². The molecule has 7 heteroatoms. The van der Waals surface area contributed by atoms with Gasteiger partial charge in [-0.2, -0.15) is 0 Å². The van der Waals surface area contributed by atoms with Crippen molar-refractivity contribution in [2.45, 2.75) is 19.6 Å². The van der Waals surface area contributed by atoms with E-state index < -0.39 is 0 Å². The molecule has 0 amide bonds. The van der Waals surface area contributed by atoms with Crippen LogP contribution in [0, 0.1) is 0 Å². The second kappa shape index (κ2) is 9.74. The first-order chi connectivity index (χ1) is 12.1. The summed E-state index contributed by atoms with van der Waals surface area (Å²) in [6.45, 7) is 3.15. The van der Waals surface area contributed by atoms with E-state index in [0.29, 0.717) is 30.0 Å². The molecular formula is C18H23ClN4O2. The number of nitrogens with zero attached hydrogens (tertiary/aromatic N) is 2. The van der Waals surface area contributed by atoms with Crippen molar-refractivity contribution in [2.24, 2.45) is 4.99 Å². The lowest BCUT2D eigenvalue weighted by Crippen LogP contribution is -2.41.